The average molecular weight is 209 g/mol. The van der Waals surface area contributed by atoms with Crippen molar-refractivity contribution in [3.63, 3.8) is 0 Å². The lowest BCUT2D eigenvalue weighted by molar-refractivity contribution is 1.29. The van der Waals surface area contributed by atoms with E-state index >= 15 is 0 Å². The summed E-state index contributed by atoms with van der Waals surface area (Å²) >= 11 is 3.51. The predicted molar refractivity (Wildman–Crippen MR) is 53.7 cm³/mol. The summed E-state index contributed by atoms with van der Waals surface area (Å²) < 4.78 is 1.17. The number of hydrogen-bond donors (Lipinski definition) is 0. The highest BCUT2D eigenvalue weighted by Gasteiger charge is 2.03. The SMILES string of the molecule is [B]c1cc(C)c(Br)c(C)c1C. The van der Waals surface area contributed by atoms with Crippen LogP contribution in [0, 0.1) is 20.8 Å². The second-order valence-electron chi connectivity index (χ2n) is 2.85. The molecule has 0 aliphatic carbocycles. The zero-order valence-corrected chi connectivity index (χ0v) is 8.62. The van der Waals surface area contributed by atoms with Gasteiger partial charge in [-0.2, -0.15) is 0 Å². The lowest BCUT2D eigenvalue weighted by atomic mass is 9.87. The summed E-state index contributed by atoms with van der Waals surface area (Å²) in [5.41, 5.74) is 4.48. The second-order valence-corrected chi connectivity index (χ2v) is 3.64. The van der Waals surface area contributed by atoms with Crippen LogP contribution in [0.15, 0.2) is 10.5 Å². The maximum Gasteiger partial charge on any atom is 0.114 e. The molecule has 0 fully saturated rings. The van der Waals surface area contributed by atoms with Crippen LogP contribution in [0.1, 0.15) is 16.7 Å². The fourth-order valence-electron chi connectivity index (χ4n) is 1.08. The molecule has 2 radical (unpaired) electrons. The van der Waals surface area contributed by atoms with Crippen LogP contribution in [0.25, 0.3) is 0 Å². The van der Waals surface area contributed by atoms with Crippen molar-refractivity contribution in [1.29, 1.82) is 0 Å². The van der Waals surface area contributed by atoms with Gasteiger partial charge in [0.1, 0.15) is 7.85 Å². The Morgan fingerprint density at radius 2 is 1.73 bits per heavy atom. The Bertz CT molecular complexity index is 266. The third-order valence-corrected chi connectivity index (χ3v) is 3.26. The molecule has 0 aliphatic heterocycles. The zero-order chi connectivity index (χ0) is 8.59. The first-order valence-electron chi connectivity index (χ1n) is 3.56. The monoisotopic (exact) mass is 208 g/mol. The standard InChI is InChI=1S/C9H10BBr/c1-5-4-8(10)6(2)7(3)9(5)11/h4H,1-3H3. The van der Waals surface area contributed by atoms with Gasteiger partial charge in [0, 0.05) is 4.47 Å². The number of halogens is 1. The van der Waals surface area contributed by atoms with Gasteiger partial charge < -0.3 is 0 Å². The van der Waals surface area contributed by atoms with Crippen LogP contribution >= 0.6 is 15.9 Å². The Balaban J connectivity index is 3.46. The van der Waals surface area contributed by atoms with Crippen molar-refractivity contribution in [2.75, 3.05) is 0 Å². The molecule has 1 rings (SSSR count). The Morgan fingerprint density at radius 1 is 1.18 bits per heavy atom. The first-order valence-corrected chi connectivity index (χ1v) is 4.35. The smallest absolute Gasteiger partial charge is 0.0932 e. The number of aryl methyl sites for hydroxylation is 1. The van der Waals surface area contributed by atoms with Crippen LogP contribution in [0.2, 0.25) is 0 Å². The van der Waals surface area contributed by atoms with E-state index in [2.05, 4.69) is 22.9 Å². The highest BCUT2D eigenvalue weighted by atomic mass is 79.9. The van der Waals surface area contributed by atoms with E-state index in [0.717, 1.165) is 5.46 Å². The minimum Gasteiger partial charge on any atom is -0.0932 e. The van der Waals surface area contributed by atoms with Crippen molar-refractivity contribution in [1.82, 2.24) is 0 Å². The summed E-state index contributed by atoms with van der Waals surface area (Å²) in [6.07, 6.45) is 0. The Hall–Kier alpha value is -0.235. The molecule has 1 aromatic rings. The Morgan fingerprint density at radius 3 is 2.27 bits per heavy atom. The topological polar surface area (TPSA) is 0 Å². The molecule has 2 heteroatoms. The number of hydrogen-bond acceptors (Lipinski definition) is 0. The minimum absolute atomic E-state index is 0.878. The highest BCUT2D eigenvalue weighted by molar-refractivity contribution is 9.10. The zero-order valence-electron chi connectivity index (χ0n) is 7.03. The van der Waals surface area contributed by atoms with Crippen molar-refractivity contribution >= 4 is 29.2 Å². The van der Waals surface area contributed by atoms with E-state index in [4.69, 9.17) is 7.85 Å². The summed E-state index contributed by atoms with van der Waals surface area (Å²) in [4.78, 5) is 0. The van der Waals surface area contributed by atoms with Gasteiger partial charge in [-0.05, 0) is 31.9 Å². The fraction of sp³-hybridized carbons (Fsp3) is 0.333. The molecule has 0 N–H and O–H groups in total. The predicted octanol–water partition coefficient (Wildman–Crippen LogP) is 2.17. The second kappa shape index (κ2) is 3.02. The molecule has 0 bridgehead atoms. The van der Waals surface area contributed by atoms with Crippen molar-refractivity contribution in [2.45, 2.75) is 20.8 Å². The van der Waals surface area contributed by atoms with Crippen LogP contribution in [0.4, 0.5) is 0 Å². The maximum atomic E-state index is 5.77. The van der Waals surface area contributed by atoms with E-state index in [0.29, 0.717) is 0 Å². The van der Waals surface area contributed by atoms with Gasteiger partial charge in [-0.3, -0.25) is 0 Å². The summed E-state index contributed by atoms with van der Waals surface area (Å²) in [5, 5.41) is 0. The summed E-state index contributed by atoms with van der Waals surface area (Å²) in [7, 11) is 5.77. The van der Waals surface area contributed by atoms with Gasteiger partial charge in [-0.25, -0.2) is 0 Å². The molecule has 0 spiro atoms. The normalized spacial score (nSPS) is 10.2. The van der Waals surface area contributed by atoms with E-state index in [1.54, 1.807) is 0 Å². The van der Waals surface area contributed by atoms with E-state index in [-0.39, 0.29) is 0 Å². The first kappa shape index (κ1) is 8.86. The quantitative estimate of drug-likeness (QED) is 0.574. The molecule has 0 heterocycles. The molecule has 11 heavy (non-hydrogen) atoms. The third kappa shape index (κ3) is 1.51. The summed E-state index contributed by atoms with van der Waals surface area (Å²) in [5.74, 6) is 0. The van der Waals surface area contributed by atoms with E-state index in [1.165, 1.54) is 21.2 Å². The lowest BCUT2D eigenvalue weighted by Crippen LogP contribution is -2.10. The van der Waals surface area contributed by atoms with Gasteiger partial charge in [-0.1, -0.05) is 33.0 Å². The molecule has 56 valence electrons. The summed E-state index contributed by atoms with van der Waals surface area (Å²) in [6, 6.07) is 1.99. The molecular weight excluding hydrogens is 199 g/mol. The molecule has 0 amide bonds. The van der Waals surface area contributed by atoms with Crippen molar-refractivity contribution in [2.24, 2.45) is 0 Å². The van der Waals surface area contributed by atoms with Gasteiger partial charge in [0.15, 0.2) is 0 Å². The van der Waals surface area contributed by atoms with Gasteiger partial charge in [0.2, 0.25) is 0 Å². The summed E-state index contributed by atoms with van der Waals surface area (Å²) in [6.45, 7) is 6.16. The minimum atomic E-state index is 0.878. The lowest BCUT2D eigenvalue weighted by Gasteiger charge is -2.09. The highest BCUT2D eigenvalue weighted by Crippen LogP contribution is 2.21. The molecule has 0 saturated heterocycles. The number of benzene rings is 1. The van der Waals surface area contributed by atoms with E-state index < -0.39 is 0 Å². The molecule has 1 aromatic carbocycles. The van der Waals surface area contributed by atoms with Crippen molar-refractivity contribution in [3.05, 3.63) is 27.2 Å². The van der Waals surface area contributed by atoms with Gasteiger partial charge in [0.25, 0.3) is 0 Å². The van der Waals surface area contributed by atoms with E-state index in [9.17, 15) is 0 Å². The Kier molecular flexibility index (Phi) is 2.43. The molecule has 0 unspecified atom stereocenters. The molecule has 0 aliphatic rings. The van der Waals surface area contributed by atoms with Crippen molar-refractivity contribution in [3.8, 4) is 0 Å². The molecule has 0 aromatic heterocycles. The number of rotatable bonds is 0. The average Bonchev–Trinajstić information content (AvgIpc) is 1.97. The third-order valence-electron chi connectivity index (χ3n) is 2.04. The molecule has 0 saturated carbocycles. The molecule has 0 atom stereocenters. The van der Waals surface area contributed by atoms with Gasteiger partial charge in [-0.15, -0.1) is 0 Å². The fourth-order valence-corrected chi connectivity index (χ4v) is 1.49. The van der Waals surface area contributed by atoms with Gasteiger partial charge in [0.05, 0.1) is 0 Å². The van der Waals surface area contributed by atoms with E-state index in [1.807, 2.05) is 19.9 Å². The first-order chi connectivity index (χ1) is 5.04. The molecule has 0 nitrogen and oxygen atoms in total. The van der Waals surface area contributed by atoms with Gasteiger partial charge >= 0.3 is 0 Å². The van der Waals surface area contributed by atoms with Crippen molar-refractivity contribution < 1.29 is 0 Å². The maximum absolute atomic E-state index is 5.77. The van der Waals surface area contributed by atoms with Crippen LogP contribution in [0.5, 0.6) is 0 Å². The van der Waals surface area contributed by atoms with Crippen LogP contribution in [-0.4, -0.2) is 7.85 Å². The molecular formula is C9H10BBr. The van der Waals surface area contributed by atoms with Crippen LogP contribution in [0.3, 0.4) is 0 Å². The Labute approximate surface area is 77.5 Å². The largest absolute Gasteiger partial charge is 0.114 e. The van der Waals surface area contributed by atoms with Crippen LogP contribution < -0.4 is 5.46 Å². The van der Waals surface area contributed by atoms with Crippen LogP contribution in [-0.2, 0) is 0 Å².